The molecule has 0 radical (unpaired) electrons. The molecule has 0 saturated heterocycles. The van der Waals surface area contributed by atoms with Gasteiger partial charge in [0, 0.05) is 26.4 Å². The van der Waals surface area contributed by atoms with Crippen LogP contribution in [-0.2, 0) is 18.4 Å². The Morgan fingerprint density at radius 2 is 2.00 bits per heavy atom. The molecule has 1 amide bonds. The molecule has 1 heterocycles. The van der Waals surface area contributed by atoms with Gasteiger partial charge in [0.05, 0.1) is 6.54 Å². The second-order valence-electron chi connectivity index (χ2n) is 6.57. The van der Waals surface area contributed by atoms with Crippen LogP contribution in [-0.4, -0.2) is 32.6 Å². The molecule has 126 valence electrons. The van der Waals surface area contributed by atoms with E-state index in [4.69, 9.17) is 0 Å². The van der Waals surface area contributed by atoms with Crippen molar-refractivity contribution in [3.63, 3.8) is 0 Å². The van der Waals surface area contributed by atoms with Crippen LogP contribution in [0.5, 0.6) is 0 Å². The Labute approximate surface area is 143 Å². The van der Waals surface area contributed by atoms with Crippen molar-refractivity contribution in [2.24, 2.45) is 7.05 Å². The van der Waals surface area contributed by atoms with Gasteiger partial charge in [-0.15, -0.1) is 10.2 Å². The lowest BCUT2D eigenvalue weighted by molar-refractivity contribution is -0.129. The Morgan fingerprint density at radius 3 is 2.67 bits per heavy atom. The fraction of sp³-hybridized carbons (Fsp3) is 0.421. The number of amides is 1. The lowest BCUT2D eigenvalue weighted by Crippen LogP contribution is -2.27. The normalized spacial score (nSPS) is 14.3. The van der Waals surface area contributed by atoms with Crippen molar-refractivity contribution in [1.29, 1.82) is 0 Å². The lowest BCUT2D eigenvalue weighted by atomic mass is 10.1. The van der Waals surface area contributed by atoms with Crippen molar-refractivity contribution >= 4 is 12.0 Å². The Balaban J connectivity index is 1.53. The van der Waals surface area contributed by atoms with Crippen LogP contribution in [0.2, 0.25) is 0 Å². The summed E-state index contributed by atoms with van der Waals surface area (Å²) in [5, 5.41) is 8.50. The zero-order valence-corrected chi connectivity index (χ0v) is 14.6. The molecular weight excluding hydrogens is 300 g/mol. The molecular formula is C19H24N4O. The Bertz CT molecular complexity index is 741. The summed E-state index contributed by atoms with van der Waals surface area (Å²) in [5.74, 6) is 2.53. The number of aryl methyl sites for hydroxylation is 1. The fourth-order valence-corrected chi connectivity index (χ4v) is 2.64. The third kappa shape index (κ3) is 3.91. The second kappa shape index (κ2) is 6.99. The summed E-state index contributed by atoms with van der Waals surface area (Å²) < 4.78 is 2.03. The molecule has 24 heavy (non-hydrogen) atoms. The molecule has 5 heteroatoms. The molecule has 1 aromatic heterocycles. The van der Waals surface area contributed by atoms with Crippen molar-refractivity contribution in [2.75, 3.05) is 7.05 Å². The highest BCUT2D eigenvalue weighted by Gasteiger charge is 2.29. The average molecular weight is 324 g/mol. The van der Waals surface area contributed by atoms with Gasteiger partial charge in [-0.3, -0.25) is 4.79 Å². The highest BCUT2D eigenvalue weighted by atomic mass is 16.2. The minimum Gasteiger partial charge on any atom is -0.338 e. The van der Waals surface area contributed by atoms with Crippen LogP contribution in [0.15, 0.2) is 30.3 Å². The summed E-state index contributed by atoms with van der Waals surface area (Å²) in [7, 11) is 3.80. The first-order valence-corrected chi connectivity index (χ1v) is 8.40. The zero-order valence-electron chi connectivity index (χ0n) is 14.6. The number of carbonyl (C=O) groups excluding carboxylic acids is 1. The van der Waals surface area contributed by atoms with Crippen LogP contribution in [0.25, 0.3) is 6.08 Å². The Morgan fingerprint density at radius 1 is 1.29 bits per heavy atom. The molecule has 2 aromatic rings. The predicted octanol–water partition coefficient (Wildman–Crippen LogP) is 3.06. The van der Waals surface area contributed by atoms with Crippen molar-refractivity contribution in [3.05, 3.63) is 53.1 Å². The van der Waals surface area contributed by atoms with E-state index in [0.29, 0.717) is 18.9 Å². The molecule has 1 aliphatic rings. The lowest BCUT2D eigenvalue weighted by Gasteiger charge is -2.15. The third-order valence-electron chi connectivity index (χ3n) is 4.43. The number of hydrogen-bond acceptors (Lipinski definition) is 3. The van der Waals surface area contributed by atoms with Gasteiger partial charge >= 0.3 is 0 Å². The van der Waals surface area contributed by atoms with Crippen molar-refractivity contribution < 1.29 is 4.79 Å². The van der Waals surface area contributed by atoms with E-state index >= 15 is 0 Å². The Hall–Kier alpha value is -2.43. The molecule has 1 aliphatic carbocycles. The quantitative estimate of drug-likeness (QED) is 0.820. The van der Waals surface area contributed by atoms with Gasteiger partial charge < -0.3 is 9.47 Å². The van der Waals surface area contributed by atoms with Crippen LogP contribution in [0, 0.1) is 6.92 Å². The first-order chi connectivity index (χ1) is 11.5. The fourth-order valence-electron chi connectivity index (χ4n) is 2.64. The molecule has 0 spiro atoms. The first-order valence-electron chi connectivity index (χ1n) is 8.40. The van der Waals surface area contributed by atoms with Crippen molar-refractivity contribution in [2.45, 2.75) is 38.6 Å². The number of benzene rings is 1. The predicted molar refractivity (Wildman–Crippen MR) is 94.3 cm³/mol. The van der Waals surface area contributed by atoms with Crippen LogP contribution < -0.4 is 0 Å². The van der Waals surface area contributed by atoms with Crippen LogP contribution >= 0.6 is 0 Å². The van der Waals surface area contributed by atoms with E-state index in [0.717, 1.165) is 17.2 Å². The van der Waals surface area contributed by atoms with E-state index < -0.39 is 0 Å². The molecule has 1 saturated carbocycles. The third-order valence-corrected chi connectivity index (χ3v) is 4.43. The summed E-state index contributed by atoms with van der Waals surface area (Å²) in [4.78, 5) is 14.0. The van der Waals surface area contributed by atoms with Crippen molar-refractivity contribution in [3.8, 4) is 0 Å². The molecule has 0 bridgehead atoms. The van der Waals surface area contributed by atoms with Gasteiger partial charge in [0.1, 0.15) is 5.82 Å². The van der Waals surface area contributed by atoms with Gasteiger partial charge in [-0.1, -0.05) is 42.0 Å². The molecule has 0 N–H and O–H groups in total. The average Bonchev–Trinajstić information content (AvgIpc) is 3.34. The summed E-state index contributed by atoms with van der Waals surface area (Å²) >= 11 is 0. The molecule has 0 unspecified atom stereocenters. The molecule has 3 rings (SSSR count). The van der Waals surface area contributed by atoms with Gasteiger partial charge in [0.25, 0.3) is 0 Å². The van der Waals surface area contributed by atoms with E-state index in [1.165, 1.54) is 18.4 Å². The summed E-state index contributed by atoms with van der Waals surface area (Å²) in [5.41, 5.74) is 2.34. The summed E-state index contributed by atoms with van der Waals surface area (Å²) in [6.45, 7) is 2.56. The molecule has 1 aromatic carbocycles. The first kappa shape index (κ1) is 16.4. The van der Waals surface area contributed by atoms with E-state index in [9.17, 15) is 4.79 Å². The maximum Gasteiger partial charge on any atom is 0.226 e. The van der Waals surface area contributed by atoms with E-state index in [-0.39, 0.29) is 5.91 Å². The maximum atomic E-state index is 12.3. The van der Waals surface area contributed by atoms with Gasteiger partial charge in [-0.2, -0.15) is 0 Å². The minimum atomic E-state index is 0.0781. The van der Waals surface area contributed by atoms with E-state index in [1.54, 1.807) is 4.90 Å². The monoisotopic (exact) mass is 324 g/mol. The summed E-state index contributed by atoms with van der Waals surface area (Å²) in [6, 6.07) is 8.25. The molecule has 5 nitrogen and oxygen atoms in total. The number of rotatable bonds is 6. The highest BCUT2D eigenvalue weighted by molar-refractivity contribution is 5.78. The topological polar surface area (TPSA) is 51.0 Å². The highest BCUT2D eigenvalue weighted by Crippen LogP contribution is 2.38. The smallest absolute Gasteiger partial charge is 0.226 e. The maximum absolute atomic E-state index is 12.3. The number of nitrogens with zero attached hydrogens (tertiary/aromatic N) is 4. The zero-order chi connectivity index (χ0) is 17.1. The van der Waals surface area contributed by atoms with E-state index in [2.05, 4.69) is 41.4 Å². The molecule has 1 fully saturated rings. The SMILES string of the molecule is Cc1ccc(/C=C/CC(=O)N(C)Cc2nnc(C3CC3)n2C)cc1. The van der Waals surface area contributed by atoms with Gasteiger partial charge in [0.2, 0.25) is 5.91 Å². The van der Waals surface area contributed by atoms with E-state index in [1.807, 2.05) is 30.8 Å². The summed E-state index contributed by atoms with van der Waals surface area (Å²) in [6.07, 6.45) is 6.68. The largest absolute Gasteiger partial charge is 0.338 e. The van der Waals surface area contributed by atoms with Crippen molar-refractivity contribution in [1.82, 2.24) is 19.7 Å². The van der Waals surface area contributed by atoms with Crippen LogP contribution in [0.3, 0.4) is 0 Å². The Kier molecular flexibility index (Phi) is 4.79. The van der Waals surface area contributed by atoms with Gasteiger partial charge in [-0.05, 0) is 25.3 Å². The second-order valence-corrected chi connectivity index (χ2v) is 6.57. The standard InChI is InChI=1S/C19H24N4O/c1-14-7-9-15(10-8-14)5-4-6-18(24)22(2)13-17-20-21-19(23(17)3)16-11-12-16/h4-5,7-10,16H,6,11-13H2,1-3H3/b5-4+. The number of hydrogen-bond donors (Lipinski definition) is 0. The van der Waals surface area contributed by atoms with Gasteiger partial charge in [0.15, 0.2) is 5.82 Å². The number of carbonyl (C=O) groups is 1. The molecule has 0 aliphatic heterocycles. The van der Waals surface area contributed by atoms with Crippen LogP contribution in [0.1, 0.15) is 48.0 Å². The van der Waals surface area contributed by atoms with Crippen LogP contribution in [0.4, 0.5) is 0 Å². The molecule has 0 atom stereocenters. The minimum absolute atomic E-state index is 0.0781. The number of aromatic nitrogens is 3. The van der Waals surface area contributed by atoms with Gasteiger partial charge in [-0.25, -0.2) is 0 Å².